The van der Waals surface area contributed by atoms with Gasteiger partial charge in [0.2, 0.25) is 0 Å². The Hall–Kier alpha value is -1.14. The fourth-order valence-corrected chi connectivity index (χ4v) is 4.54. The molecule has 0 saturated carbocycles. The van der Waals surface area contributed by atoms with Crippen LogP contribution in [-0.4, -0.2) is 41.5 Å². The van der Waals surface area contributed by atoms with E-state index in [1.807, 2.05) is 17.9 Å². The molecule has 0 spiro atoms. The van der Waals surface area contributed by atoms with E-state index >= 15 is 0 Å². The van der Waals surface area contributed by atoms with Crippen LogP contribution in [0, 0.1) is 6.92 Å². The Balaban J connectivity index is 1.83. The summed E-state index contributed by atoms with van der Waals surface area (Å²) in [6.45, 7) is 6.41. The van der Waals surface area contributed by atoms with Gasteiger partial charge in [0.25, 0.3) is 5.91 Å². The van der Waals surface area contributed by atoms with Gasteiger partial charge >= 0.3 is 0 Å². The molecule has 1 fully saturated rings. The summed E-state index contributed by atoms with van der Waals surface area (Å²) in [5.74, 6) is 0.0572. The standard InChI is InChI=1S/C17H19Cl2N3OS/c1-3-20-12-6-7-22(9-12)17(23)15-10(2)21-16(24-15)13-5-4-11(18)8-14(13)19/h4-5,8,12,20H,3,6-7,9H2,1-2H3. The fraction of sp³-hybridized carbons (Fsp3) is 0.412. The van der Waals surface area contributed by atoms with E-state index in [0.29, 0.717) is 21.0 Å². The lowest BCUT2D eigenvalue weighted by Crippen LogP contribution is -2.34. The Morgan fingerprint density at radius 1 is 1.46 bits per heavy atom. The highest BCUT2D eigenvalue weighted by atomic mass is 35.5. The topological polar surface area (TPSA) is 45.2 Å². The van der Waals surface area contributed by atoms with Crippen molar-refractivity contribution in [3.05, 3.63) is 38.8 Å². The van der Waals surface area contributed by atoms with Gasteiger partial charge < -0.3 is 10.2 Å². The van der Waals surface area contributed by atoms with Gasteiger partial charge in [-0.3, -0.25) is 4.79 Å². The van der Waals surface area contributed by atoms with E-state index in [2.05, 4.69) is 17.2 Å². The molecule has 0 radical (unpaired) electrons. The number of benzene rings is 1. The average Bonchev–Trinajstić information content (AvgIpc) is 3.14. The Kier molecular flexibility index (Phi) is 5.45. The molecule has 1 saturated heterocycles. The third kappa shape index (κ3) is 3.59. The summed E-state index contributed by atoms with van der Waals surface area (Å²) < 4.78 is 0. The summed E-state index contributed by atoms with van der Waals surface area (Å²) in [5.41, 5.74) is 1.55. The average molecular weight is 384 g/mol. The lowest BCUT2D eigenvalue weighted by Gasteiger charge is -2.16. The number of carbonyl (C=O) groups is 1. The zero-order valence-corrected chi connectivity index (χ0v) is 15.9. The van der Waals surface area contributed by atoms with Crippen LogP contribution in [0.25, 0.3) is 10.6 Å². The van der Waals surface area contributed by atoms with E-state index in [1.165, 1.54) is 11.3 Å². The second-order valence-electron chi connectivity index (χ2n) is 5.85. The lowest BCUT2D eigenvalue weighted by atomic mass is 10.2. The van der Waals surface area contributed by atoms with Crippen molar-refractivity contribution >= 4 is 40.4 Å². The van der Waals surface area contributed by atoms with Gasteiger partial charge in [-0.15, -0.1) is 11.3 Å². The first-order chi connectivity index (χ1) is 11.5. The van der Waals surface area contributed by atoms with Crippen LogP contribution in [0.1, 0.15) is 28.7 Å². The van der Waals surface area contributed by atoms with Crippen LogP contribution in [0.4, 0.5) is 0 Å². The largest absolute Gasteiger partial charge is 0.336 e. The number of thiazole rings is 1. The molecular weight excluding hydrogens is 365 g/mol. The molecule has 1 amide bonds. The number of carbonyl (C=O) groups excluding carboxylic acids is 1. The Bertz CT molecular complexity index is 762. The molecule has 3 rings (SSSR count). The third-order valence-electron chi connectivity index (χ3n) is 4.12. The third-order valence-corrected chi connectivity index (χ3v) is 5.85. The smallest absolute Gasteiger partial charge is 0.265 e. The molecule has 1 N–H and O–H groups in total. The van der Waals surface area contributed by atoms with Gasteiger partial charge in [0.05, 0.1) is 10.7 Å². The van der Waals surface area contributed by atoms with E-state index in [0.717, 1.165) is 42.3 Å². The minimum absolute atomic E-state index is 0.0572. The number of likely N-dealkylation sites (N-methyl/N-ethyl adjacent to an activating group) is 1. The van der Waals surface area contributed by atoms with E-state index < -0.39 is 0 Å². The normalized spacial score (nSPS) is 17.5. The molecular formula is C17H19Cl2N3OS. The molecule has 128 valence electrons. The molecule has 1 unspecified atom stereocenters. The van der Waals surface area contributed by atoms with E-state index in [-0.39, 0.29) is 5.91 Å². The SMILES string of the molecule is CCNC1CCN(C(=O)c2sc(-c3ccc(Cl)cc3Cl)nc2C)C1. The second kappa shape index (κ2) is 7.40. The van der Waals surface area contributed by atoms with Crippen molar-refractivity contribution in [1.29, 1.82) is 0 Å². The van der Waals surface area contributed by atoms with E-state index in [9.17, 15) is 4.79 Å². The summed E-state index contributed by atoms with van der Waals surface area (Å²) >= 11 is 13.6. The molecule has 1 aliphatic rings. The molecule has 2 aromatic rings. The maximum absolute atomic E-state index is 12.8. The van der Waals surface area contributed by atoms with Crippen molar-refractivity contribution in [1.82, 2.24) is 15.2 Å². The van der Waals surface area contributed by atoms with Crippen molar-refractivity contribution in [2.24, 2.45) is 0 Å². The zero-order chi connectivity index (χ0) is 17.3. The molecule has 0 aliphatic carbocycles. The highest BCUT2D eigenvalue weighted by molar-refractivity contribution is 7.17. The fourth-order valence-electron chi connectivity index (χ4n) is 2.92. The molecule has 1 aromatic carbocycles. The first-order valence-corrected chi connectivity index (χ1v) is 9.52. The molecule has 1 aliphatic heterocycles. The van der Waals surface area contributed by atoms with Crippen molar-refractivity contribution < 1.29 is 4.79 Å². The predicted octanol–water partition coefficient (Wildman–Crippen LogP) is 4.25. The number of hydrogen-bond donors (Lipinski definition) is 1. The molecule has 1 atom stereocenters. The maximum Gasteiger partial charge on any atom is 0.265 e. The first-order valence-electron chi connectivity index (χ1n) is 7.95. The van der Waals surface area contributed by atoms with Gasteiger partial charge in [0.1, 0.15) is 9.88 Å². The van der Waals surface area contributed by atoms with Crippen molar-refractivity contribution in [2.45, 2.75) is 26.3 Å². The quantitative estimate of drug-likeness (QED) is 0.857. The summed E-state index contributed by atoms with van der Waals surface area (Å²) in [7, 11) is 0. The van der Waals surface area contributed by atoms with Gasteiger partial charge in [-0.05, 0) is 38.1 Å². The van der Waals surface area contributed by atoms with Crippen LogP contribution >= 0.6 is 34.5 Å². The number of aryl methyl sites for hydroxylation is 1. The summed E-state index contributed by atoms with van der Waals surface area (Å²) in [5, 5.41) is 5.28. The van der Waals surface area contributed by atoms with E-state index in [1.54, 1.807) is 12.1 Å². The number of nitrogens with one attached hydrogen (secondary N) is 1. The minimum atomic E-state index is 0.0572. The van der Waals surface area contributed by atoms with Gasteiger partial charge in [0, 0.05) is 29.7 Å². The van der Waals surface area contributed by atoms with Crippen LogP contribution in [0.2, 0.25) is 10.0 Å². The number of aromatic nitrogens is 1. The molecule has 4 nitrogen and oxygen atoms in total. The second-order valence-corrected chi connectivity index (χ2v) is 7.69. The lowest BCUT2D eigenvalue weighted by molar-refractivity contribution is 0.0793. The summed E-state index contributed by atoms with van der Waals surface area (Å²) in [6.07, 6.45) is 0.993. The highest BCUT2D eigenvalue weighted by Crippen LogP contribution is 2.35. The number of nitrogens with zero attached hydrogens (tertiary/aromatic N) is 2. The van der Waals surface area contributed by atoms with Crippen LogP contribution in [0.5, 0.6) is 0 Å². The molecule has 24 heavy (non-hydrogen) atoms. The van der Waals surface area contributed by atoms with Crippen LogP contribution in [0.3, 0.4) is 0 Å². The molecule has 0 bridgehead atoms. The predicted molar refractivity (Wildman–Crippen MR) is 100 cm³/mol. The van der Waals surface area contributed by atoms with Gasteiger partial charge in [-0.2, -0.15) is 0 Å². The Morgan fingerprint density at radius 2 is 2.25 bits per heavy atom. The van der Waals surface area contributed by atoms with Gasteiger partial charge in [0.15, 0.2) is 0 Å². The van der Waals surface area contributed by atoms with E-state index in [4.69, 9.17) is 23.2 Å². The van der Waals surface area contributed by atoms with Crippen LogP contribution in [-0.2, 0) is 0 Å². The van der Waals surface area contributed by atoms with Crippen molar-refractivity contribution in [3.8, 4) is 10.6 Å². The summed E-state index contributed by atoms with van der Waals surface area (Å²) in [6, 6.07) is 5.70. The number of amides is 1. The zero-order valence-electron chi connectivity index (χ0n) is 13.6. The first kappa shape index (κ1) is 17.7. The van der Waals surface area contributed by atoms with Gasteiger partial charge in [-0.25, -0.2) is 4.98 Å². The monoisotopic (exact) mass is 383 g/mol. The summed E-state index contributed by atoms with van der Waals surface area (Å²) in [4.78, 5) is 20.0. The molecule has 1 aromatic heterocycles. The minimum Gasteiger partial charge on any atom is -0.336 e. The van der Waals surface area contributed by atoms with Gasteiger partial charge in [-0.1, -0.05) is 30.1 Å². The van der Waals surface area contributed by atoms with Crippen LogP contribution < -0.4 is 5.32 Å². The Labute approximate surface area is 155 Å². The number of halogens is 2. The number of likely N-dealkylation sites (tertiary alicyclic amines) is 1. The van der Waals surface area contributed by atoms with Crippen LogP contribution in [0.15, 0.2) is 18.2 Å². The molecule has 2 heterocycles. The Morgan fingerprint density at radius 3 is 2.96 bits per heavy atom. The van der Waals surface area contributed by atoms with Crippen molar-refractivity contribution in [3.63, 3.8) is 0 Å². The number of hydrogen-bond acceptors (Lipinski definition) is 4. The highest BCUT2D eigenvalue weighted by Gasteiger charge is 2.29. The molecule has 7 heteroatoms. The van der Waals surface area contributed by atoms with Crippen molar-refractivity contribution in [2.75, 3.05) is 19.6 Å². The number of rotatable bonds is 4. The maximum atomic E-state index is 12.8.